The van der Waals surface area contributed by atoms with Gasteiger partial charge in [0.15, 0.2) is 5.17 Å². The van der Waals surface area contributed by atoms with Gasteiger partial charge < -0.3 is 10.6 Å². The average Bonchev–Trinajstić information content (AvgIpc) is 2.41. The van der Waals surface area contributed by atoms with Gasteiger partial charge in [0.05, 0.1) is 5.54 Å². The molecule has 0 saturated carbocycles. The Morgan fingerprint density at radius 3 is 2.60 bits per heavy atom. The second-order valence-corrected chi connectivity index (χ2v) is 6.33. The first-order chi connectivity index (χ1) is 9.50. The zero-order chi connectivity index (χ0) is 14.6. The Balaban J connectivity index is 2.04. The van der Waals surface area contributed by atoms with Crippen molar-refractivity contribution in [3.63, 3.8) is 0 Å². The van der Waals surface area contributed by atoms with Crippen LogP contribution < -0.4 is 10.6 Å². The van der Waals surface area contributed by atoms with Gasteiger partial charge in [-0.2, -0.15) is 0 Å². The SMILES string of the molecule is CCC1(C)CCSC(Nc2ccc(NC(C)=O)cc2)=N1. The number of rotatable bonds is 3. The Hall–Kier alpha value is -1.49. The van der Waals surface area contributed by atoms with Crippen LogP contribution in [0.25, 0.3) is 0 Å². The van der Waals surface area contributed by atoms with Gasteiger partial charge in [-0.15, -0.1) is 0 Å². The molecule has 0 spiro atoms. The lowest BCUT2D eigenvalue weighted by molar-refractivity contribution is -0.114. The fraction of sp³-hybridized carbons (Fsp3) is 0.467. The Bertz CT molecular complexity index is 512. The quantitative estimate of drug-likeness (QED) is 0.892. The number of carbonyl (C=O) groups excluding carboxylic acids is 1. The number of amides is 1. The molecule has 1 aromatic rings. The summed E-state index contributed by atoms with van der Waals surface area (Å²) in [6.07, 6.45) is 2.18. The van der Waals surface area contributed by atoms with Crippen molar-refractivity contribution in [1.29, 1.82) is 0 Å². The summed E-state index contributed by atoms with van der Waals surface area (Å²) in [5, 5.41) is 7.09. The van der Waals surface area contributed by atoms with Gasteiger partial charge in [0.25, 0.3) is 0 Å². The van der Waals surface area contributed by atoms with E-state index in [1.54, 1.807) is 11.8 Å². The molecule has 2 N–H and O–H groups in total. The Kier molecular flexibility index (Phi) is 4.70. The van der Waals surface area contributed by atoms with Gasteiger partial charge in [0, 0.05) is 24.1 Å². The highest BCUT2D eigenvalue weighted by molar-refractivity contribution is 8.14. The first-order valence-electron chi connectivity index (χ1n) is 6.88. The van der Waals surface area contributed by atoms with E-state index in [-0.39, 0.29) is 11.4 Å². The van der Waals surface area contributed by atoms with Gasteiger partial charge in [-0.1, -0.05) is 18.7 Å². The van der Waals surface area contributed by atoms with Crippen molar-refractivity contribution in [2.24, 2.45) is 4.99 Å². The van der Waals surface area contributed by atoms with Crippen LogP contribution in [0.2, 0.25) is 0 Å². The first-order valence-corrected chi connectivity index (χ1v) is 7.87. The predicted molar refractivity (Wildman–Crippen MR) is 87.6 cm³/mol. The van der Waals surface area contributed by atoms with Crippen LogP contribution in [0.4, 0.5) is 11.4 Å². The van der Waals surface area contributed by atoms with Gasteiger partial charge in [-0.05, 0) is 44.0 Å². The molecule has 1 aromatic carbocycles. The molecule has 108 valence electrons. The van der Waals surface area contributed by atoms with Crippen molar-refractivity contribution in [2.45, 2.75) is 39.2 Å². The molecule has 0 aromatic heterocycles. The van der Waals surface area contributed by atoms with E-state index in [9.17, 15) is 4.79 Å². The Labute approximate surface area is 124 Å². The minimum Gasteiger partial charge on any atom is -0.335 e. The molecule has 0 bridgehead atoms. The lowest BCUT2D eigenvalue weighted by Crippen LogP contribution is -2.29. The summed E-state index contributed by atoms with van der Waals surface area (Å²) in [4.78, 5) is 15.8. The highest BCUT2D eigenvalue weighted by Gasteiger charge is 2.25. The summed E-state index contributed by atoms with van der Waals surface area (Å²) >= 11 is 1.76. The maximum Gasteiger partial charge on any atom is 0.221 e. The number of nitrogens with zero attached hydrogens (tertiary/aromatic N) is 1. The second-order valence-electron chi connectivity index (χ2n) is 5.25. The van der Waals surface area contributed by atoms with E-state index < -0.39 is 0 Å². The fourth-order valence-corrected chi connectivity index (χ4v) is 3.19. The summed E-state index contributed by atoms with van der Waals surface area (Å²) in [7, 11) is 0. The van der Waals surface area contributed by atoms with E-state index in [2.05, 4.69) is 24.5 Å². The number of amidine groups is 1. The third-order valence-corrected chi connectivity index (χ3v) is 4.34. The van der Waals surface area contributed by atoms with Crippen LogP contribution in [0.15, 0.2) is 29.3 Å². The Morgan fingerprint density at radius 2 is 2.00 bits per heavy atom. The molecule has 0 radical (unpaired) electrons. The molecule has 1 heterocycles. The second kappa shape index (κ2) is 6.31. The topological polar surface area (TPSA) is 53.5 Å². The molecule has 0 fully saturated rings. The van der Waals surface area contributed by atoms with Crippen LogP contribution in [0.5, 0.6) is 0 Å². The number of benzene rings is 1. The number of hydrogen-bond acceptors (Lipinski definition) is 4. The number of hydrogen-bond donors (Lipinski definition) is 2. The maximum absolute atomic E-state index is 11.0. The molecule has 1 amide bonds. The van der Waals surface area contributed by atoms with Gasteiger partial charge in [-0.3, -0.25) is 9.79 Å². The zero-order valence-corrected chi connectivity index (χ0v) is 13.0. The summed E-state index contributed by atoms with van der Waals surface area (Å²) in [5.41, 5.74) is 1.86. The van der Waals surface area contributed by atoms with Crippen LogP contribution >= 0.6 is 11.8 Å². The van der Waals surface area contributed by atoms with E-state index in [0.29, 0.717) is 0 Å². The van der Waals surface area contributed by atoms with Gasteiger partial charge in [-0.25, -0.2) is 0 Å². The third kappa shape index (κ3) is 4.00. The lowest BCUT2D eigenvalue weighted by Gasteiger charge is -2.29. The smallest absolute Gasteiger partial charge is 0.221 e. The van der Waals surface area contributed by atoms with Crippen molar-refractivity contribution in [3.05, 3.63) is 24.3 Å². The summed E-state index contributed by atoms with van der Waals surface area (Å²) in [5.74, 6) is 1.04. The molecular formula is C15H21N3OS. The number of anilines is 2. The van der Waals surface area contributed by atoms with Crippen molar-refractivity contribution in [2.75, 3.05) is 16.4 Å². The summed E-state index contributed by atoms with van der Waals surface area (Å²) in [6, 6.07) is 7.67. The van der Waals surface area contributed by atoms with Crippen LogP contribution in [0, 0.1) is 0 Å². The van der Waals surface area contributed by atoms with Gasteiger partial charge in [0.1, 0.15) is 0 Å². The van der Waals surface area contributed by atoms with Crippen LogP contribution in [0.3, 0.4) is 0 Å². The number of aliphatic imine (C=N–C) groups is 1. The Morgan fingerprint density at radius 1 is 1.35 bits per heavy atom. The fourth-order valence-electron chi connectivity index (χ4n) is 1.98. The minimum atomic E-state index is -0.0587. The van der Waals surface area contributed by atoms with E-state index in [0.717, 1.165) is 35.1 Å². The molecule has 1 atom stereocenters. The number of carbonyl (C=O) groups is 1. The first kappa shape index (κ1) is 14.9. The van der Waals surface area contributed by atoms with E-state index in [4.69, 9.17) is 4.99 Å². The maximum atomic E-state index is 11.0. The molecule has 5 heteroatoms. The largest absolute Gasteiger partial charge is 0.335 e. The van der Waals surface area contributed by atoms with Gasteiger partial charge in [0.2, 0.25) is 5.91 Å². The number of thioether (sulfide) groups is 1. The van der Waals surface area contributed by atoms with Crippen molar-refractivity contribution >= 4 is 34.2 Å². The van der Waals surface area contributed by atoms with E-state index in [1.807, 2.05) is 24.3 Å². The summed E-state index contributed by atoms with van der Waals surface area (Å²) in [6.45, 7) is 5.89. The summed E-state index contributed by atoms with van der Waals surface area (Å²) < 4.78 is 0. The molecule has 2 rings (SSSR count). The third-order valence-electron chi connectivity index (χ3n) is 3.47. The highest BCUT2D eigenvalue weighted by Crippen LogP contribution is 2.29. The average molecular weight is 291 g/mol. The molecule has 0 aliphatic carbocycles. The molecule has 0 saturated heterocycles. The molecular weight excluding hydrogens is 270 g/mol. The van der Waals surface area contributed by atoms with Crippen molar-refractivity contribution in [1.82, 2.24) is 0 Å². The molecule has 1 aliphatic rings. The lowest BCUT2D eigenvalue weighted by atomic mass is 9.97. The minimum absolute atomic E-state index is 0.0587. The molecule has 20 heavy (non-hydrogen) atoms. The molecule has 1 aliphatic heterocycles. The zero-order valence-electron chi connectivity index (χ0n) is 12.2. The number of nitrogens with one attached hydrogen (secondary N) is 2. The van der Waals surface area contributed by atoms with Crippen molar-refractivity contribution in [3.8, 4) is 0 Å². The van der Waals surface area contributed by atoms with Crippen LogP contribution in [0.1, 0.15) is 33.6 Å². The molecule has 1 unspecified atom stereocenters. The van der Waals surface area contributed by atoms with Crippen LogP contribution in [-0.4, -0.2) is 22.4 Å². The van der Waals surface area contributed by atoms with Gasteiger partial charge >= 0.3 is 0 Å². The van der Waals surface area contributed by atoms with Crippen LogP contribution in [-0.2, 0) is 4.79 Å². The highest BCUT2D eigenvalue weighted by atomic mass is 32.2. The standard InChI is InChI=1S/C15H21N3OS/c1-4-15(3)9-10-20-14(18-15)17-13-7-5-12(6-8-13)16-11(2)19/h5-8H,4,9-10H2,1-3H3,(H,16,19)(H,17,18). The van der Waals surface area contributed by atoms with E-state index in [1.165, 1.54) is 6.92 Å². The predicted octanol–water partition coefficient (Wildman–Crippen LogP) is 3.72. The normalized spacial score (nSPS) is 22.1. The van der Waals surface area contributed by atoms with E-state index >= 15 is 0 Å². The molecule has 4 nitrogen and oxygen atoms in total. The monoisotopic (exact) mass is 291 g/mol. The van der Waals surface area contributed by atoms with Crippen molar-refractivity contribution < 1.29 is 4.79 Å².